The molecule has 0 aliphatic carbocycles. The van der Waals surface area contributed by atoms with Crippen LogP contribution in [0.2, 0.25) is 9.49 Å². The molecule has 0 aliphatic heterocycles. The van der Waals surface area contributed by atoms with Crippen molar-refractivity contribution in [2.45, 2.75) is 12.7 Å². The number of nitrogens with one attached hydrogen (secondary N) is 1. The molecule has 10 heteroatoms. The lowest BCUT2D eigenvalue weighted by molar-refractivity contribution is -0.138. The second kappa shape index (κ2) is 7.69. The van der Waals surface area contributed by atoms with Crippen LogP contribution in [-0.2, 0) is 12.7 Å². The van der Waals surface area contributed by atoms with E-state index >= 15 is 0 Å². The van der Waals surface area contributed by atoms with Gasteiger partial charge in [-0.15, -0.1) is 11.3 Å². The smallest absolute Gasteiger partial charge is 0.421 e. The van der Waals surface area contributed by atoms with E-state index in [1.165, 1.54) is 29.7 Å². The first kappa shape index (κ1) is 18.8. The topological polar surface area (TPSA) is 47.0 Å². The number of aromatic nitrogens is 2. The maximum atomic E-state index is 13.0. The Morgan fingerprint density at radius 3 is 2.62 bits per heavy atom. The number of ether oxygens (including phenoxy) is 1. The largest absolute Gasteiger partial charge is 0.437 e. The Hall–Kier alpha value is -2.03. The number of pyridine rings is 1. The van der Waals surface area contributed by atoms with Crippen LogP contribution in [-0.4, -0.2) is 9.97 Å². The van der Waals surface area contributed by atoms with Gasteiger partial charge in [-0.25, -0.2) is 9.97 Å². The minimum absolute atomic E-state index is 0.0715. The highest BCUT2D eigenvalue weighted by Gasteiger charge is 2.35. The Balaban J connectivity index is 1.74. The van der Waals surface area contributed by atoms with Gasteiger partial charge < -0.3 is 10.1 Å². The Morgan fingerprint density at radius 1 is 1.15 bits per heavy atom. The summed E-state index contributed by atoms with van der Waals surface area (Å²) in [7, 11) is 0. The third-order valence-corrected chi connectivity index (χ3v) is 4.62. The van der Waals surface area contributed by atoms with E-state index in [4.69, 9.17) is 27.9 Å². The number of alkyl halides is 3. The molecule has 0 aliphatic rings. The van der Waals surface area contributed by atoms with E-state index in [1.807, 2.05) is 0 Å². The van der Waals surface area contributed by atoms with Gasteiger partial charge in [0, 0.05) is 23.0 Å². The predicted molar refractivity (Wildman–Crippen MR) is 95.2 cm³/mol. The summed E-state index contributed by atoms with van der Waals surface area (Å²) in [6, 6.07) is 6.75. The van der Waals surface area contributed by atoms with Crippen molar-refractivity contribution in [3.05, 3.63) is 62.7 Å². The molecule has 0 atom stereocenters. The van der Waals surface area contributed by atoms with Crippen LogP contribution in [0.15, 0.2) is 42.7 Å². The number of nitrogens with zero attached hydrogens (tertiary/aromatic N) is 2. The monoisotopic (exact) mass is 419 g/mol. The lowest BCUT2D eigenvalue weighted by Gasteiger charge is -2.13. The lowest BCUT2D eigenvalue weighted by atomic mass is 10.2. The molecule has 0 unspecified atom stereocenters. The number of benzene rings is 1. The quantitative estimate of drug-likeness (QED) is 0.529. The zero-order valence-corrected chi connectivity index (χ0v) is 15.2. The van der Waals surface area contributed by atoms with Crippen LogP contribution in [0.5, 0.6) is 11.6 Å². The molecule has 0 spiro atoms. The van der Waals surface area contributed by atoms with Crippen LogP contribution in [0.1, 0.15) is 10.4 Å². The summed E-state index contributed by atoms with van der Waals surface area (Å²) in [6.07, 6.45) is -1.71. The zero-order chi connectivity index (χ0) is 18.7. The molecule has 0 saturated heterocycles. The molecular weight excluding hydrogens is 410 g/mol. The Kier molecular flexibility index (Phi) is 5.55. The van der Waals surface area contributed by atoms with Crippen molar-refractivity contribution in [1.82, 2.24) is 9.97 Å². The molecule has 0 fully saturated rings. The minimum Gasteiger partial charge on any atom is -0.437 e. The van der Waals surface area contributed by atoms with Crippen molar-refractivity contribution in [2.24, 2.45) is 0 Å². The van der Waals surface area contributed by atoms with Gasteiger partial charge in [0.15, 0.2) is 4.47 Å². The summed E-state index contributed by atoms with van der Waals surface area (Å²) < 4.78 is 44.7. The van der Waals surface area contributed by atoms with E-state index in [1.54, 1.807) is 18.3 Å². The highest BCUT2D eigenvalue weighted by molar-refractivity contribution is 7.15. The third kappa shape index (κ3) is 4.57. The highest BCUT2D eigenvalue weighted by Crippen LogP contribution is 2.38. The molecule has 2 heterocycles. The van der Waals surface area contributed by atoms with Crippen LogP contribution in [0.4, 0.5) is 18.9 Å². The maximum Gasteiger partial charge on any atom is 0.421 e. The summed E-state index contributed by atoms with van der Waals surface area (Å²) in [5, 5.41) is 3.27. The number of thiazole rings is 1. The average molecular weight is 420 g/mol. The Morgan fingerprint density at radius 2 is 1.96 bits per heavy atom. The number of hydrogen-bond acceptors (Lipinski definition) is 5. The first-order valence-corrected chi connectivity index (χ1v) is 8.74. The Labute approximate surface area is 160 Å². The fraction of sp³-hybridized carbons (Fsp3) is 0.125. The summed E-state index contributed by atoms with van der Waals surface area (Å²) in [5.74, 6) is -0.482. The van der Waals surface area contributed by atoms with Gasteiger partial charge in [0.2, 0.25) is 5.88 Å². The van der Waals surface area contributed by atoms with Crippen molar-refractivity contribution in [2.75, 3.05) is 5.32 Å². The second-order valence-electron chi connectivity index (χ2n) is 5.03. The zero-order valence-electron chi connectivity index (χ0n) is 12.8. The molecule has 1 aromatic carbocycles. The van der Waals surface area contributed by atoms with Crippen LogP contribution < -0.4 is 10.1 Å². The van der Waals surface area contributed by atoms with Crippen LogP contribution >= 0.6 is 34.5 Å². The van der Waals surface area contributed by atoms with E-state index in [9.17, 15) is 13.2 Å². The first-order chi connectivity index (χ1) is 12.3. The third-order valence-electron chi connectivity index (χ3n) is 3.21. The molecule has 2 aromatic heterocycles. The molecule has 26 heavy (non-hydrogen) atoms. The summed E-state index contributed by atoms with van der Waals surface area (Å²) in [5.41, 5.74) is -0.302. The van der Waals surface area contributed by atoms with Crippen molar-refractivity contribution < 1.29 is 17.9 Å². The van der Waals surface area contributed by atoms with Gasteiger partial charge in [-0.3, -0.25) is 0 Å². The first-order valence-electron chi connectivity index (χ1n) is 7.16. The van der Waals surface area contributed by atoms with Gasteiger partial charge in [-0.05, 0) is 30.3 Å². The SMILES string of the molecule is FC(F)(F)c1cccnc1Oc1ccc(NCc2cnc(Cl)s2)cc1Cl. The lowest BCUT2D eigenvalue weighted by Crippen LogP contribution is -2.08. The summed E-state index contributed by atoms with van der Waals surface area (Å²) >= 11 is 13.2. The molecule has 0 saturated carbocycles. The molecule has 3 aromatic rings. The molecule has 3 rings (SSSR count). The number of halogens is 5. The van der Waals surface area contributed by atoms with Gasteiger partial charge in [0.1, 0.15) is 11.3 Å². The molecule has 1 N–H and O–H groups in total. The minimum atomic E-state index is -4.58. The van der Waals surface area contributed by atoms with Crippen molar-refractivity contribution in [3.8, 4) is 11.6 Å². The molecule has 136 valence electrons. The van der Waals surface area contributed by atoms with Gasteiger partial charge in [0.05, 0.1) is 11.6 Å². The standard InChI is InChI=1S/C16H10Cl2F3N3OS/c17-12-6-9(23-7-10-8-24-15(18)26-10)3-4-13(12)25-14-11(16(19,20)21)2-1-5-22-14/h1-6,8,23H,7H2. The average Bonchev–Trinajstić information content (AvgIpc) is 3.00. The molecule has 0 amide bonds. The van der Waals surface area contributed by atoms with Crippen molar-refractivity contribution >= 4 is 40.2 Å². The van der Waals surface area contributed by atoms with Crippen LogP contribution in [0.25, 0.3) is 0 Å². The van der Waals surface area contributed by atoms with Gasteiger partial charge in [-0.1, -0.05) is 23.2 Å². The fourth-order valence-electron chi connectivity index (χ4n) is 2.04. The molecule has 4 nitrogen and oxygen atoms in total. The normalized spacial score (nSPS) is 11.4. The number of hydrogen-bond donors (Lipinski definition) is 1. The molecule has 0 bridgehead atoms. The molecule has 0 radical (unpaired) electrons. The Bertz CT molecular complexity index is 918. The van der Waals surface area contributed by atoms with E-state index < -0.39 is 17.6 Å². The second-order valence-corrected chi connectivity index (χ2v) is 7.14. The van der Waals surface area contributed by atoms with E-state index in [2.05, 4.69) is 15.3 Å². The molecular formula is C16H10Cl2F3N3OS. The van der Waals surface area contributed by atoms with Crippen molar-refractivity contribution in [3.63, 3.8) is 0 Å². The fourth-order valence-corrected chi connectivity index (χ4v) is 3.18. The van der Waals surface area contributed by atoms with E-state index in [-0.39, 0.29) is 10.8 Å². The van der Waals surface area contributed by atoms with Gasteiger partial charge in [-0.2, -0.15) is 13.2 Å². The van der Waals surface area contributed by atoms with Gasteiger partial charge in [0.25, 0.3) is 0 Å². The number of anilines is 1. The highest BCUT2D eigenvalue weighted by atomic mass is 35.5. The van der Waals surface area contributed by atoms with E-state index in [0.29, 0.717) is 16.7 Å². The summed E-state index contributed by atoms with van der Waals surface area (Å²) in [6.45, 7) is 0.485. The maximum absolute atomic E-state index is 13.0. The predicted octanol–water partition coefficient (Wildman–Crippen LogP) is 6.27. The van der Waals surface area contributed by atoms with Crippen LogP contribution in [0.3, 0.4) is 0 Å². The summed E-state index contributed by atoms with van der Waals surface area (Å²) in [4.78, 5) is 8.51. The van der Waals surface area contributed by atoms with Gasteiger partial charge >= 0.3 is 6.18 Å². The number of rotatable bonds is 5. The van der Waals surface area contributed by atoms with E-state index in [0.717, 1.165) is 10.9 Å². The van der Waals surface area contributed by atoms with Crippen molar-refractivity contribution in [1.29, 1.82) is 0 Å². The van der Waals surface area contributed by atoms with Crippen LogP contribution in [0, 0.1) is 0 Å².